The summed E-state index contributed by atoms with van der Waals surface area (Å²) in [5, 5.41) is 3.31. The zero-order valence-electron chi connectivity index (χ0n) is 13.4. The Morgan fingerprint density at radius 2 is 2.00 bits per heavy atom. The number of fused-ring (bicyclic) bond motifs is 1. The molecular formula is C17H21N7. The van der Waals surface area contributed by atoms with Crippen molar-refractivity contribution in [2.75, 3.05) is 17.6 Å². The number of imidazole rings is 1. The number of rotatable bonds is 5. The summed E-state index contributed by atoms with van der Waals surface area (Å²) in [7, 11) is 0. The topological polar surface area (TPSA) is 119 Å². The van der Waals surface area contributed by atoms with Gasteiger partial charge in [0.25, 0.3) is 0 Å². The molecule has 0 radical (unpaired) electrons. The maximum atomic E-state index is 5.86. The smallest absolute Gasteiger partial charge is 0.222 e. The van der Waals surface area contributed by atoms with Gasteiger partial charge in [-0.1, -0.05) is 12.1 Å². The summed E-state index contributed by atoms with van der Waals surface area (Å²) in [6.45, 7) is 0.722. The van der Waals surface area contributed by atoms with Crippen molar-refractivity contribution in [1.29, 1.82) is 0 Å². The highest BCUT2D eigenvalue weighted by Gasteiger charge is 2.29. The van der Waals surface area contributed by atoms with Crippen LogP contribution in [0.2, 0.25) is 0 Å². The highest BCUT2D eigenvalue weighted by Crippen LogP contribution is 2.35. The van der Waals surface area contributed by atoms with Gasteiger partial charge in [-0.3, -0.25) is 0 Å². The second-order valence-electron chi connectivity index (χ2n) is 6.34. The number of nitrogen functional groups attached to an aromatic ring is 1. The molecule has 0 aliphatic heterocycles. The van der Waals surface area contributed by atoms with Crippen LogP contribution in [0.1, 0.15) is 30.3 Å². The van der Waals surface area contributed by atoms with Crippen molar-refractivity contribution in [3.8, 4) is 0 Å². The molecule has 24 heavy (non-hydrogen) atoms. The molecular weight excluding hydrogens is 302 g/mol. The Labute approximate surface area is 139 Å². The van der Waals surface area contributed by atoms with Crippen LogP contribution in [0.15, 0.2) is 30.3 Å². The van der Waals surface area contributed by atoms with Crippen LogP contribution in [0.4, 0.5) is 11.8 Å². The first-order valence-corrected chi connectivity index (χ1v) is 8.25. The third kappa shape index (κ3) is 3.03. The molecule has 1 fully saturated rings. The molecule has 1 aliphatic carbocycles. The SMILES string of the molecule is Nc1nc(NCCc2nc3ccccc3[nH]2)cc(C2CC(N)C2)n1. The molecule has 6 N–H and O–H groups in total. The molecule has 7 nitrogen and oxygen atoms in total. The van der Waals surface area contributed by atoms with Crippen LogP contribution in [0.3, 0.4) is 0 Å². The quantitative estimate of drug-likeness (QED) is 0.568. The number of anilines is 2. The highest BCUT2D eigenvalue weighted by molar-refractivity contribution is 5.74. The van der Waals surface area contributed by atoms with Gasteiger partial charge in [-0.15, -0.1) is 0 Å². The van der Waals surface area contributed by atoms with Gasteiger partial charge >= 0.3 is 0 Å². The Morgan fingerprint density at radius 3 is 2.79 bits per heavy atom. The second-order valence-corrected chi connectivity index (χ2v) is 6.34. The molecule has 0 bridgehead atoms. The first kappa shape index (κ1) is 14.9. The summed E-state index contributed by atoms with van der Waals surface area (Å²) in [6.07, 6.45) is 2.71. The number of para-hydroxylation sites is 2. The van der Waals surface area contributed by atoms with E-state index in [1.807, 2.05) is 30.3 Å². The van der Waals surface area contributed by atoms with Crippen molar-refractivity contribution in [2.24, 2.45) is 5.73 Å². The maximum Gasteiger partial charge on any atom is 0.222 e. The molecule has 1 aliphatic rings. The van der Waals surface area contributed by atoms with Crippen molar-refractivity contribution in [2.45, 2.75) is 31.2 Å². The van der Waals surface area contributed by atoms with Crippen LogP contribution in [-0.4, -0.2) is 32.5 Å². The number of aromatic amines is 1. The van der Waals surface area contributed by atoms with Crippen LogP contribution in [-0.2, 0) is 6.42 Å². The summed E-state index contributed by atoms with van der Waals surface area (Å²) in [5.41, 5.74) is 14.7. The van der Waals surface area contributed by atoms with E-state index in [0.717, 1.165) is 54.2 Å². The standard InChI is InChI=1S/C17H21N7/c18-11-7-10(8-11)14-9-16(24-17(19)23-14)20-6-5-15-21-12-3-1-2-4-13(12)22-15/h1-4,9-11H,5-8,18H2,(H,21,22)(H3,19,20,23,24). The van der Waals surface area contributed by atoms with Gasteiger partial charge in [-0.25, -0.2) is 9.97 Å². The van der Waals surface area contributed by atoms with E-state index in [1.165, 1.54) is 0 Å². The Kier molecular flexibility index (Phi) is 3.78. The lowest BCUT2D eigenvalue weighted by Crippen LogP contribution is -2.35. The lowest BCUT2D eigenvalue weighted by atomic mass is 9.78. The molecule has 0 unspecified atom stereocenters. The average Bonchev–Trinajstić information content (AvgIpc) is 2.94. The molecule has 2 aromatic heterocycles. The van der Waals surface area contributed by atoms with E-state index in [2.05, 4.69) is 25.3 Å². The predicted molar refractivity (Wildman–Crippen MR) is 94.7 cm³/mol. The molecule has 1 aromatic carbocycles. The monoisotopic (exact) mass is 323 g/mol. The summed E-state index contributed by atoms with van der Waals surface area (Å²) >= 11 is 0. The van der Waals surface area contributed by atoms with Gasteiger partial charge in [-0.05, 0) is 25.0 Å². The summed E-state index contributed by atoms with van der Waals surface area (Å²) < 4.78 is 0. The van der Waals surface area contributed by atoms with Gasteiger partial charge in [0.1, 0.15) is 11.6 Å². The first-order valence-electron chi connectivity index (χ1n) is 8.25. The largest absolute Gasteiger partial charge is 0.369 e. The Bertz CT molecular complexity index is 818. The molecule has 124 valence electrons. The average molecular weight is 323 g/mol. The zero-order valence-corrected chi connectivity index (χ0v) is 13.4. The van der Waals surface area contributed by atoms with Crippen LogP contribution in [0, 0.1) is 0 Å². The van der Waals surface area contributed by atoms with E-state index < -0.39 is 0 Å². The molecule has 0 saturated heterocycles. The van der Waals surface area contributed by atoms with Crippen molar-refractivity contribution >= 4 is 22.8 Å². The Morgan fingerprint density at radius 1 is 1.17 bits per heavy atom. The van der Waals surface area contributed by atoms with Crippen LogP contribution in [0.5, 0.6) is 0 Å². The van der Waals surface area contributed by atoms with E-state index in [4.69, 9.17) is 11.5 Å². The van der Waals surface area contributed by atoms with Gasteiger partial charge < -0.3 is 21.8 Å². The van der Waals surface area contributed by atoms with Gasteiger partial charge in [0.2, 0.25) is 5.95 Å². The van der Waals surface area contributed by atoms with E-state index in [9.17, 15) is 0 Å². The maximum absolute atomic E-state index is 5.86. The molecule has 2 heterocycles. The number of aromatic nitrogens is 4. The fourth-order valence-electron chi connectivity index (χ4n) is 3.12. The Hall–Kier alpha value is -2.67. The number of benzene rings is 1. The number of nitrogens with two attached hydrogens (primary N) is 2. The van der Waals surface area contributed by atoms with E-state index in [1.54, 1.807) is 0 Å². The molecule has 7 heteroatoms. The highest BCUT2D eigenvalue weighted by atomic mass is 15.1. The summed E-state index contributed by atoms with van der Waals surface area (Å²) in [4.78, 5) is 16.5. The minimum Gasteiger partial charge on any atom is -0.369 e. The fraction of sp³-hybridized carbons (Fsp3) is 0.353. The lowest BCUT2D eigenvalue weighted by molar-refractivity contribution is 0.345. The Balaban J connectivity index is 1.40. The zero-order chi connectivity index (χ0) is 16.5. The molecule has 0 amide bonds. The number of nitrogens with one attached hydrogen (secondary N) is 2. The van der Waals surface area contributed by atoms with E-state index >= 15 is 0 Å². The first-order chi connectivity index (χ1) is 11.7. The van der Waals surface area contributed by atoms with Crippen molar-refractivity contribution in [3.05, 3.63) is 41.9 Å². The third-order valence-electron chi connectivity index (χ3n) is 4.46. The minimum atomic E-state index is 0.288. The molecule has 0 atom stereocenters. The summed E-state index contributed by atoms with van der Waals surface area (Å²) in [6, 6.07) is 10.3. The predicted octanol–water partition coefficient (Wildman–Crippen LogP) is 1.79. The normalized spacial score (nSPS) is 20.0. The van der Waals surface area contributed by atoms with Crippen molar-refractivity contribution in [1.82, 2.24) is 19.9 Å². The molecule has 3 aromatic rings. The third-order valence-corrected chi connectivity index (χ3v) is 4.46. The second kappa shape index (κ2) is 6.09. The van der Waals surface area contributed by atoms with Gasteiger partial charge in [0, 0.05) is 31.0 Å². The van der Waals surface area contributed by atoms with Crippen LogP contribution >= 0.6 is 0 Å². The number of hydrogen-bond acceptors (Lipinski definition) is 6. The number of H-pyrrole nitrogens is 1. The van der Waals surface area contributed by atoms with Crippen LogP contribution in [0.25, 0.3) is 11.0 Å². The minimum absolute atomic E-state index is 0.288. The van der Waals surface area contributed by atoms with E-state index in [-0.39, 0.29) is 6.04 Å². The summed E-state index contributed by atoms with van der Waals surface area (Å²) in [5.74, 6) is 2.42. The molecule has 0 spiro atoms. The van der Waals surface area contributed by atoms with Crippen LogP contribution < -0.4 is 16.8 Å². The molecule has 1 saturated carbocycles. The lowest BCUT2D eigenvalue weighted by Gasteiger charge is -2.32. The van der Waals surface area contributed by atoms with Gasteiger partial charge in [0.15, 0.2) is 0 Å². The van der Waals surface area contributed by atoms with E-state index in [0.29, 0.717) is 11.9 Å². The fourth-order valence-corrected chi connectivity index (χ4v) is 3.12. The van der Waals surface area contributed by atoms with Crippen molar-refractivity contribution in [3.63, 3.8) is 0 Å². The number of hydrogen-bond donors (Lipinski definition) is 4. The number of nitrogens with zero attached hydrogens (tertiary/aromatic N) is 3. The van der Waals surface area contributed by atoms with Crippen molar-refractivity contribution < 1.29 is 0 Å². The van der Waals surface area contributed by atoms with Gasteiger partial charge in [0.05, 0.1) is 16.7 Å². The molecule has 4 rings (SSSR count). The van der Waals surface area contributed by atoms with Gasteiger partial charge in [-0.2, -0.15) is 4.98 Å².